The minimum absolute atomic E-state index is 0.235. The highest BCUT2D eigenvalue weighted by Gasteiger charge is 2.06. The Morgan fingerprint density at radius 1 is 0.870 bits per heavy atom. The number of nitrogens with two attached hydrogens (primary N) is 1. The van der Waals surface area contributed by atoms with Gasteiger partial charge < -0.3 is 5.73 Å². The summed E-state index contributed by atoms with van der Waals surface area (Å²) in [7, 11) is 0. The molecule has 0 atom stereocenters. The zero-order valence-corrected chi connectivity index (χ0v) is 15.5. The SMILES string of the molecule is CCCCCCCCCCCCCC(=O)Sc1ccccc1N. The van der Waals surface area contributed by atoms with E-state index in [2.05, 4.69) is 6.92 Å². The quantitative estimate of drug-likeness (QED) is 0.251. The van der Waals surface area contributed by atoms with E-state index in [1.165, 1.54) is 76.0 Å². The molecule has 0 bridgehead atoms. The van der Waals surface area contributed by atoms with Gasteiger partial charge in [0.15, 0.2) is 5.12 Å². The number of anilines is 1. The fraction of sp³-hybridized carbons (Fsp3) is 0.650. The summed E-state index contributed by atoms with van der Waals surface area (Å²) in [6, 6.07) is 7.58. The maximum Gasteiger partial charge on any atom is 0.193 e. The van der Waals surface area contributed by atoms with Crippen molar-refractivity contribution in [2.45, 2.75) is 88.9 Å². The minimum atomic E-state index is 0.235. The predicted octanol–water partition coefficient (Wildman–Crippen LogP) is 6.59. The Kier molecular flexibility index (Phi) is 11.8. The maximum atomic E-state index is 11.9. The van der Waals surface area contributed by atoms with Gasteiger partial charge in [0.25, 0.3) is 0 Å². The van der Waals surface area contributed by atoms with Gasteiger partial charge in [0, 0.05) is 17.0 Å². The Bertz CT molecular complexity index is 433. The average molecular weight is 336 g/mol. The Labute approximate surface area is 146 Å². The van der Waals surface area contributed by atoms with Gasteiger partial charge in [0.05, 0.1) is 0 Å². The second-order valence-electron chi connectivity index (χ2n) is 6.30. The highest BCUT2D eigenvalue weighted by Crippen LogP contribution is 2.26. The largest absolute Gasteiger partial charge is 0.398 e. The fourth-order valence-electron chi connectivity index (χ4n) is 2.68. The molecule has 0 amide bonds. The number of rotatable bonds is 13. The van der Waals surface area contributed by atoms with Crippen LogP contribution in [0.1, 0.15) is 84.0 Å². The van der Waals surface area contributed by atoms with Crippen molar-refractivity contribution in [3.05, 3.63) is 24.3 Å². The third kappa shape index (κ3) is 10.4. The first-order valence-corrected chi connectivity index (χ1v) is 10.1. The van der Waals surface area contributed by atoms with Crippen molar-refractivity contribution in [3.8, 4) is 0 Å². The Morgan fingerprint density at radius 3 is 1.96 bits per heavy atom. The maximum absolute atomic E-state index is 11.9. The van der Waals surface area contributed by atoms with E-state index in [9.17, 15) is 4.79 Å². The van der Waals surface area contributed by atoms with Crippen molar-refractivity contribution < 1.29 is 4.79 Å². The summed E-state index contributed by atoms with van der Waals surface area (Å²) in [6.45, 7) is 2.26. The molecule has 0 unspecified atom stereocenters. The van der Waals surface area contributed by atoms with Crippen LogP contribution in [0.2, 0.25) is 0 Å². The number of para-hydroxylation sites is 1. The number of benzene rings is 1. The zero-order valence-electron chi connectivity index (χ0n) is 14.7. The number of carbonyl (C=O) groups is 1. The van der Waals surface area contributed by atoms with E-state index >= 15 is 0 Å². The topological polar surface area (TPSA) is 43.1 Å². The molecule has 0 radical (unpaired) electrons. The summed E-state index contributed by atoms with van der Waals surface area (Å²) < 4.78 is 0. The van der Waals surface area contributed by atoms with Crippen LogP contribution in [-0.2, 0) is 4.79 Å². The Morgan fingerprint density at radius 2 is 1.39 bits per heavy atom. The van der Waals surface area contributed by atoms with Crippen molar-refractivity contribution >= 4 is 22.6 Å². The molecule has 0 aliphatic rings. The first-order chi connectivity index (χ1) is 11.2. The first-order valence-electron chi connectivity index (χ1n) is 9.29. The monoisotopic (exact) mass is 335 g/mol. The van der Waals surface area contributed by atoms with Crippen LogP contribution in [0.3, 0.4) is 0 Å². The number of hydrogen-bond acceptors (Lipinski definition) is 3. The van der Waals surface area contributed by atoms with Gasteiger partial charge in [-0.1, -0.05) is 83.3 Å². The van der Waals surface area contributed by atoms with E-state index in [0.717, 1.165) is 11.3 Å². The molecular formula is C20H33NOS. The average Bonchev–Trinajstić information content (AvgIpc) is 2.55. The molecule has 0 fully saturated rings. The molecule has 1 aromatic rings. The Hall–Kier alpha value is -0.960. The van der Waals surface area contributed by atoms with Crippen molar-refractivity contribution in [2.24, 2.45) is 0 Å². The molecule has 130 valence electrons. The van der Waals surface area contributed by atoms with E-state index in [-0.39, 0.29) is 5.12 Å². The Balaban J connectivity index is 1.93. The van der Waals surface area contributed by atoms with Gasteiger partial charge in [0.2, 0.25) is 0 Å². The van der Waals surface area contributed by atoms with Crippen molar-refractivity contribution in [3.63, 3.8) is 0 Å². The van der Waals surface area contributed by atoms with Crippen molar-refractivity contribution in [1.82, 2.24) is 0 Å². The number of unbranched alkanes of at least 4 members (excludes halogenated alkanes) is 10. The normalized spacial score (nSPS) is 10.8. The molecule has 1 aromatic carbocycles. The van der Waals surface area contributed by atoms with Gasteiger partial charge in [-0.05, 0) is 30.3 Å². The summed E-state index contributed by atoms with van der Waals surface area (Å²) in [4.78, 5) is 12.8. The fourth-order valence-corrected chi connectivity index (χ4v) is 3.50. The van der Waals surface area contributed by atoms with Crippen molar-refractivity contribution in [2.75, 3.05) is 5.73 Å². The minimum Gasteiger partial charge on any atom is -0.398 e. The lowest BCUT2D eigenvalue weighted by molar-refractivity contribution is -0.111. The van der Waals surface area contributed by atoms with Crippen LogP contribution in [0.25, 0.3) is 0 Å². The molecule has 23 heavy (non-hydrogen) atoms. The second kappa shape index (κ2) is 13.5. The van der Waals surface area contributed by atoms with E-state index in [4.69, 9.17) is 5.73 Å². The van der Waals surface area contributed by atoms with Crippen LogP contribution in [0.15, 0.2) is 29.2 Å². The summed E-state index contributed by atoms with van der Waals surface area (Å²) in [5.74, 6) is 0. The molecule has 1 rings (SSSR count). The van der Waals surface area contributed by atoms with E-state index in [1.807, 2.05) is 24.3 Å². The third-order valence-electron chi connectivity index (χ3n) is 4.13. The molecule has 0 aromatic heterocycles. The highest BCUT2D eigenvalue weighted by molar-refractivity contribution is 8.13. The lowest BCUT2D eigenvalue weighted by Crippen LogP contribution is -1.94. The standard InChI is InChI=1S/C20H33NOS/c1-2-3-4-5-6-7-8-9-10-11-12-17-20(22)23-19-16-14-13-15-18(19)21/h13-16H,2-12,17,21H2,1H3. The molecule has 2 N–H and O–H groups in total. The second-order valence-corrected chi connectivity index (χ2v) is 7.40. The van der Waals surface area contributed by atoms with Crippen LogP contribution >= 0.6 is 11.8 Å². The molecule has 0 spiro atoms. The van der Waals surface area contributed by atoms with Crippen LogP contribution in [0, 0.1) is 0 Å². The number of nitrogen functional groups attached to an aromatic ring is 1. The zero-order chi connectivity index (χ0) is 16.8. The van der Waals surface area contributed by atoms with Gasteiger partial charge in [-0.3, -0.25) is 4.79 Å². The van der Waals surface area contributed by atoms with Crippen molar-refractivity contribution in [1.29, 1.82) is 0 Å². The third-order valence-corrected chi connectivity index (χ3v) is 5.15. The molecule has 0 heterocycles. The summed E-state index contributed by atoms with van der Waals surface area (Å²) >= 11 is 1.29. The summed E-state index contributed by atoms with van der Waals surface area (Å²) in [5.41, 5.74) is 6.56. The van der Waals surface area contributed by atoms with Gasteiger partial charge in [0.1, 0.15) is 0 Å². The molecule has 0 saturated heterocycles. The molecule has 0 saturated carbocycles. The van der Waals surface area contributed by atoms with Crippen LogP contribution in [0.5, 0.6) is 0 Å². The summed E-state index contributed by atoms with van der Waals surface area (Å²) in [5, 5.41) is 0.235. The van der Waals surface area contributed by atoms with Gasteiger partial charge in [-0.2, -0.15) is 0 Å². The van der Waals surface area contributed by atoms with Crippen LogP contribution < -0.4 is 5.73 Å². The molecular weight excluding hydrogens is 302 g/mol. The van der Waals surface area contributed by atoms with E-state index in [0.29, 0.717) is 12.1 Å². The molecule has 0 aliphatic carbocycles. The molecule has 2 nitrogen and oxygen atoms in total. The van der Waals surface area contributed by atoms with E-state index in [1.54, 1.807) is 0 Å². The summed E-state index contributed by atoms with van der Waals surface area (Å²) in [6.07, 6.45) is 15.1. The predicted molar refractivity (Wildman–Crippen MR) is 103 cm³/mol. The van der Waals surface area contributed by atoms with Gasteiger partial charge >= 0.3 is 0 Å². The van der Waals surface area contributed by atoms with Crippen LogP contribution in [0.4, 0.5) is 5.69 Å². The number of carbonyl (C=O) groups excluding carboxylic acids is 1. The van der Waals surface area contributed by atoms with Gasteiger partial charge in [-0.15, -0.1) is 0 Å². The lowest BCUT2D eigenvalue weighted by Gasteiger charge is -2.04. The first kappa shape index (κ1) is 20.1. The molecule has 3 heteroatoms. The smallest absolute Gasteiger partial charge is 0.193 e. The number of hydrogen-bond donors (Lipinski definition) is 1. The lowest BCUT2D eigenvalue weighted by atomic mass is 10.1. The molecule has 0 aliphatic heterocycles. The van der Waals surface area contributed by atoms with Gasteiger partial charge in [-0.25, -0.2) is 0 Å². The number of thioether (sulfide) groups is 1. The van der Waals surface area contributed by atoms with Crippen LogP contribution in [-0.4, -0.2) is 5.12 Å². The highest BCUT2D eigenvalue weighted by atomic mass is 32.2. The van der Waals surface area contributed by atoms with E-state index < -0.39 is 0 Å².